The number of carbonyl (C=O) groups is 2. The van der Waals surface area contributed by atoms with Crippen LogP contribution in [0.1, 0.15) is 20.7 Å². The highest BCUT2D eigenvalue weighted by Crippen LogP contribution is 2.23. The largest absolute Gasteiger partial charge is 0.318 e. The molecule has 0 heterocycles. The van der Waals surface area contributed by atoms with Crippen molar-refractivity contribution >= 4 is 33.1 Å². The summed E-state index contributed by atoms with van der Waals surface area (Å²) in [6.07, 6.45) is 0.508. The first-order valence-electron chi connectivity index (χ1n) is 7.29. The molecule has 25 heavy (non-hydrogen) atoms. The molecule has 7 heteroatoms. The molecule has 0 fully saturated rings. The molecule has 0 saturated carbocycles. The summed E-state index contributed by atoms with van der Waals surface area (Å²) < 4.78 is 29.6. The fourth-order valence-electron chi connectivity index (χ4n) is 2.41. The zero-order chi connectivity index (χ0) is 17.9. The van der Waals surface area contributed by atoms with E-state index in [1.54, 1.807) is 48.5 Å². The first kappa shape index (κ1) is 16.8. The van der Waals surface area contributed by atoms with Crippen LogP contribution in [0.15, 0.2) is 71.6 Å². The van der Waals surface area contributed by atoms with Crippen molar-refractivity contribution in [2.45, 2.75) is 4.90 Å². The van der Waals surface area contributed by atoms with E-state index in [1.807, 2.05) is 5.48 Å². The molecule has 0 aromatic heterocycles. The van der Waals surface area contributed by atoms with Crippen LogP contribution in [0.5, 0.6) is 0 Å². The molecule has 0 radical (unpaired) electrons. The maximum atomic E-state index is 12.4. The van der Waals surface area contributed by atoms with Crippen molar-refractivity contribution in [1.82, 2.24) is 5.48 Å². The smallest absolute Gasteiger partial charge is 0.298 e. The van der Waals surface area contributed by atoms with E-state index in [-0.39, 0.29) is 16.0 Å². The third kappa shape index (κ3) is 3.42. The predicted octanol–water partition coefficient (Wildman–Crippen LogP) is 2.70. The maximum absolute atomic E-state index is 12.4. The highest BCUT2D eigenvalue weighted by molar-refractivity contribution is 7.87. The minimum atomic E-state index is -4.23. The van der Waals surface area contributed by atoms with Crippen LogP contribution in [0.2, 0.25) is 0 Å². The normalized spacial score (nSPS) is 11.2. The van der Waals surface area contributed by atoms with Gasteiger partial charge in [0.15, 0.2) is 6.29 Å². The molecule has 0 spiro atoms. The van der Waals surface area contributed by atoms with Crippen LogP contribution < -0.4 is 5.48 Å². The van der Waals surface area contributed by atoms with Crippen LogP contribution in [0, 0.1) is 0 Å². The van der Waals surface area contributed by atoms with Crippen LogP contribution >= 0.6 is 0 Å². The summed E-state index contributed by atoms with van der Waals surface area (Å²) >= 11 is 0. The fourth-order valence-corrected chi connectivity index (χ4v) is 3.39. The number of hydrogen-bond donors (Lipinski definition) is 1. The molecule has 3 rings (SSSR count). The quantitative estimate of drug-likeness (QED) is 0.561. The molecule has 0 unspecified atom stereocenters. The summed E-state index contributed by atoms with van der Waals surface area (Å²) in [5.41, 5.74) is 2.04. The Morgan fingerprint density at radius 3 is 2.40 bits per heavy atom. The summed E-state index contributed by atoms with van der Waals surface area (Å²) in [5, 5.41) is 1.21. The highest BCUT2D eigenvalue weighted by atomic mass is 32.2. The van der Waals surface area contributed by atoms with Crippen molar-refractivity contribution in [3.8, 4) is 0 Å². The van der Waals surface area contributed by atoms with Crippen molar-refractivity contribution in [2.75, 3.05) is 0 Å². The third-order valence-electron chi connectivity index (χ3n) is 3.60. The lowest BCUT2D eigenvalue weighted by atomic mass is 10.1. The van der Waals surface area contributed by atoms with Gasteiger partial charge in [0.05, 0.1) is 5.56 Å². The van der Waals surface area contributed by atoms with Crippen LogP contribution in [-0.2, 0) is 14.4 Å². The second kappa shape index (κ2) is 6.84. The first-order valence-corrected chi connectivity index (χ1v) is 8.69. The minimum absolute atomic E-state index is 0.0191. The Balaban J connectivity index is 1.87. The van der Waals surface area contributed by atoms with Gasteiger partial charge in [-0.15, -0.1) is 4.28 Å². The van der Waals surface area contributed by atoms with E-state index in [9.17, 15) is 18.0 Å². The molecule has 1 amide bonds. The van der Waals surface area contributed by atoms with Crippen molar-refractivity contribution in [1.29, 1.82) is 0 Å². The van der Waals surface area contributed by atoms with Crippen molar-refractivity contribution in [3.63, 3.8) is 0 Å². The average Bonchev–Trinajstić information content (AvgIpc) is 2.65. The number of hydrogen-bond acceptors (Lipinski definition) is 5. The zero-order valence-corrected chi connectivity index (χ0v) is 13.7. The SMILES string of the molecule is O=Cc1ccccc1C(=O)NOS(=O)(=O)c1cccc2ccccc12. The monoisotopic (exact) mass is 355 g/mol. The number of aldehydes is 1. The molecule has 0 bridgehead atoms. The van der Waals surface area contributed by atoms with Gasteiger partial charge in [-0.1, -0.05) is 54.6 Å². The number of carbonyl (C=O) groups excluding carboxylic acids is 2. The predicted molar refractivity (Wildman–Crippen MR) is 91.5 cm³/mol. The third-order valence-corrected chi connectivity index (χ3v) is 4.79. The van der Waals surface area contributed by atoms with Gasteiger partial charge in [0.1, 0.15) is 4.90 Å². The number of fused-ring (bicyclic) bond motifs is 1. The molecule has 0 aliphatic carbocycles. The lowest BCUT2D eigenvalue weighted by Crippen LogP contribution is -2.28. The van der Waals surface area contributed by atoms with Gasteiger partial charge in [0.2, 0.25) is 0 Å². The van der Waals surface area contributed by atoms with Gasteiger partial charge < -0.3 is 0 Å². The molecule has 3 aromatic rings. The Labute approximate surface area is 144 Å². The number of nitrogens with one attached hydrogen (secondary N) is 1. The summed E-state index contributed by atoms with van der Waals surface area (Å²) in [7, 11) is -4.23. The lowest BCUT2D eigenvalue weighted by molar-refractivity contribution is 0.0768. The van der Waals surface area contributed by atoms with E-state index in [0.29, 0.717) is 11.7 Å². The first-order chi connectivity index (χ1) is 12.0. The second-order valence-corrected chi connectivity index (χ2v) is 6.67. The number of rotatable bonds is 5. The van der Waals surface area contributed by atoms with Gasteiger partial charge in [-0.3, -0.25) is 9.59 Å². The van der Waals surface area contributed by atoms with Gasteiger partial charge in [0, 0.05) is 10.9 Å². The van der Waals surface area contributed by atoms with Crippen LogP contribution in [0.3, 0.4) is 0 Å². The minimum Gasteiger partial charge on any atom is -0.298 e. The topological polar surface area (TPSA) is 89.5 Å². The van der Waals surface area contributed by atoms with Gasteiger partial charge >= 0.3 is 10.1 Å². The zero-order valence-electron chi connectivity index (χ0n) is 12.9. The van der Waals surface area contributed by atoms with E-state index in [0.717, 1.165) is 5.39 Å². The van der Waals surface area contributed by atoms with E-state index in [4.69, 9.17) is 4.28 Å². The van der Waals surface area contributed by atoms with Gasteiger partial charge in [0.25, 0.3) is 5.91 Å². The van der Waals surface area contributed by atoms with Crippen molar-refractivity contribution in [3.05, 3.63) is 77.9 Å². The highest BCUT2D eigenvalue weighted by Gasteiger charge is 2.21. The van der Waals surface area contributed by atoms with E-state index >= 15 is 0 Å². The molecular weight excluding hydrogens is 342 g/mol. The Bertz CT molecular complexity index is 1050. The van der Waals surface area contributed by atoms with Gasteiger partial charge in [-0.05, 0) is 17.5 Å². The summed E-state index contributed by atoms with van der Waals surface area (Å²) in [6, 6.07) is 17.7. The molecule has 126 valence electrons. The van der Waals surface area contributed by atoms with E-state index in [2.05, 4.69) is 0 Å². The molecule has 0 aliphatic heterocycles. The van der Waals surface area contributed by atoms with Gasteiger partial charge in [-0.25, -0.2) is 5.48 Å². The molecule has 0 atom stereocenters. The average molecular weight is 355 g/mol. The molecule has 0 saturated heterocycles. The van der Waals surface area contributed by atoms with Crippen molar-refractivity contribution < 1.29 is 22.3 Å². The summed E-state index contributed by atoms with van der Waals surface area (Å²) in [5.74, 6) is -0.827. The number of benzene rings is 3. The van der Waals surface area contributed by atoms with Crippen LogP contribution in [0.4, 0.5) is 0 Å². The van der Waals surface area contributed by atoms with E-state index in [1.165, 1.54) is 18.2 Å². The molecule has 3 aromatic carbocycles. The molecule has 0 aliphatic rings. The van der Waals surface area contributed by atoms with Gasteiger partial charge in [-0.2, -0.15) is 8.42 Å². The Morgan fingerprint density at radius 2 is 1.60 bits per heavy atom. The molecule has 6 nitrogen and oxygen atoms in total. The molecule has 1 N–H and O–H groups in total. The van der Waals surface area contributed by atoms with E-state index < -0.39 is 16.0 Å². The summed E-state index contributed by atoms with van der Waals surface area (Å²) in [4.78, 5) is 23.0. The fraction of sp³-hybridized carbons (Fsp3) is 0. The number of amides is 1. The lowest BCUT2D eigenvalue weighted by Gasteiger charge is -2.09. The molecular formula is C18H13NO5S. The Morgan fingerprint density at radius 1 is 0.920 bits per heavy atom. The van der Waals surface area contributed by atoms with Crippen molar-refractivity contribution in [2.24, 2.45) is 0 Å². The van der Waals surface area contributed by atoms with Crippen LogP contribution in [-0.4, -0.2) is 20.6 Å². The number of hydroxylamine groups is 1. The Hall–Kier alpha value is -3.03. The second-order valence-electron chi connectivity index (χ2n) is 5.15. The van der Waals surface area contributed by atoms with Crippen LogP contribution in [0.25, 0.3) is 10.8 Å². The summed E-state index contributed by atoms with van der Waals surface area (Å²) in [6.45, 7) is 0. The standard InChI is InChI=1S/C18H13NO5S/c20-12-14-7-2-4-10-16(14)18(21)19-24-25(22,23)17-11-5-8-13-6-1-3-9-15(13)17/h1-12H,(H,19,21). The Kier molecular flexibility index (Phi) is 4.60. The maximum Gasteiger partial charge on any atom is 0.318 e.